The highest BCUT2D eigenvalue weighted by Crippen LogP contribution is 2.39. The highest BCUT2D eigenvalue weighted by atomic mass is 35.5. The zero-order valence-corrected chi connectivity index (χ0v) is 20.9. The van der Waals surface area contributed by atoms with Crippen LogP contribution in [-0.2, 0) is 0 Å². The molecule has 1 N–H and O–H groups in total. The summed E-state index contributed by atoms with van der Waals surface area (Å²) in [5.41, 5.74) is 1.51. The molecule has 0 spiro atoms. The van der Waals surface area contributed by atoms with Crippen molar-refractivity contribution in [1.82, 2.24) is 24.4 Å². The number of carbonyl (C=O) groups is 1. The van der Waals surface area contributed by atoms with Crippen LogP contribution in [0.1, 0.15) is 53.2 Å². The van der Waals surface area contributed by atoms with Crippen molar-refractivity contribution >= 4 is 40.3 Å². The summed E-state index contributed by atoms with van der Waals surface area (Å²) in [5.74, 6) is 1.43. The third-order valence-electron chi connectivity index (χ3n) is 6.44. The molecule has 1 amide bonds. The Kier molecular flexibility index (Phi) is 6.32. The molecule has 5 rings (SSSR count). The molecule has 4 heterocycles. The van der Waals surface area contributed by atoms with Crippen LogP contribution in [0.15, 0.2) is 54.1 Å². The molecule has 1 saturated heterocycles. The van der Waals surface area contributed by atoms with E-state index in [4.69, 9.17) is 16.6 Å². The largest absolute Gasteiger partial charge is 0.352 e. The Balaban J connectivity index is 1.74. The second-order valence-electron chi connectivity index (χ2n) is 8.72. The van der Waals surface area contributed by atoms with E-state index in [2.05, 4.69) is 26.8 Å². The van der Waals surface area contributed by atoms with Gasteiger partial charge in [0.2, 0.25) is 0 Å². The lowest BCUT2D eigenvalue weighted by Crippen LogP contribution is -2.40. The first-order chi connectivity index (χ1) is 17.4. The summed E-state index contributed by atoms with van der Waals surface area (Å²) in [6.45, 7) is 6.70. The number of nitrogens with zero attached hydrogens (tertiary/aromatic N) is 6. The van der Waals surface area contributed by atoms with E-state index < -0.39 is 0 Å². The van der Waals surface area contributed by atoms with E-state index >= 15 is 0 Å². The number of fused-ring (bicyclic) bond motifs is 1. The normalized spacial score (nSPS) is 17.4. The molecule has 1 unspecified atom stereocenters. The molecule has 184 valence electrons. The van der Waals surface area contributed by atoms with Gasteiger partial charge in [-0.2, -0.15) is 0 Å². The van der Waals surface area contributed by atoms with Gasteiger partial charge in [-0.05, 0) is 38.0 Å². The van der Waals surface area contributed by atoms with E-state index in [0.717, 1.165) is 12.8 Å². The molecule has 1 fully saturated rings. The first-order valence-corrected chi connectivity index (χ1v) is 12.1. The molecular weight excluding hydrogens is 478 g/mol. The number of benzene rings is 1. The highest BCUT2D eigenvalue weighted by Gasteiger charge is 2.37. The van der Waals surface area contributed by atoms with E-state index in [-0.39, 0.29) is 28.1 Å². The molecular formula is C26H26ClN7O2. The number of amides is 1. The minimum Gasteiger partial charge on any atom is -0.352 e. The van der Waals surface area contributed by atoms with Gasteiger partial charge in [0.25, 0.3) is 11.5 Å². The minimum atomic E-state index is -0.307. The van der Waals surface area contributed by atoms with Crippen LogP contribution in [0, 0.1) is 0 Å². The van der Waals surface area contributed by atoms with Crippen molar-refractivity contribution in [2.45, 2.75) is 25.8 Å². The van der Waals surface area contributed by atoms with E-state index in [1.54, 1.807) is 22.6 Å². The first-order valence-electron chi connectivity index (χ1n) is 11.7. The Morgan fingerprint density at radius 2 is 2.00 bits per heavy atom. The first kappa shape index (κ1) is 23.7. The molecule has 2 aliphatic heterocycles. The summed E-state index contributed by atoms with van der Waals surface area (Å²) < 4.78 is 1.60. The quantitative estimate of drug-likeness (QED) is 0.560. The Morgan fingerprint density at radius 1 is 1.22 bits per heavy atom. The lowest BCUT2D eigenvalue weighted by atomic mass is 10.1. The second kappa shape index (κ2) is 9.58. The van der Waals surface area contributed by atoms with Gasteiger partial charge in [0.05, 0.1) is 29.7 Å². The number of hydrogen-bond acceptors (Lipinski definition) is 7. The average molecular weight is 504 g/mol. The van der Waals surface area contributed by atoms with E-state index in [1.165, 1.54) is 6.33 Å². The van der Waals surface area contributed by atoms with Crippen LogP contribution >= 0.6 is 11.6 Å². The summed E-state index contributed by atoms with van der Waals surface area (Å²) in [4.78, 5) is 44.4. The number of anilines is 2. The van der Waals surface area contributed by atoms with Crippen LogP contribution in [0.3, 0.4) is 0 Å². The highest BCUT2D eigenvalue weighted by molar-refractivity contribution is 6.48. The Morgan fingerprint density at radius 3 is 2.72 bits per heavy atom. The zero-order valence-electron chi connectivity index (χ0n) is 20.1. The maximum absolute atomic E-state index is 13.9. The average Bonchev–Trinajstić information content (AvgIpc) is 3.36. The van der Waals surface area contributed by atoms with Crippen molar-refractivity contribution in [2.24, 2.45) is 0 Å². The smallest absolute Gasteiger partial charge is 0.267 e. The SMILES string of the molecule is C=C(Cl)c1c(/C=C\C)nc(C2CCCN2c2ncnc3c2C(=O)N(C)CN3)n(-c2ccccc2)c1=O. The Hall–Kier alpha value is -3.98. The molecule has 2 aliphatic rings. The maximum atomic E-state index is 13.9. The van der Waals surface area contributed by atoms with Crippen LogP contribution in [0.25, 0.3) is 16.8 Å². The fourth-order valence-electron chi connectivity index (χ4n) is 4.81. The second-order valence-corrected chi connectivity index (χ2v) is 9.18. The summed E-state index contributed by atoms with van der Waals surface area (Å²) in [5, 5.41) is 3.31. The summed E-state index contributed by atoms with van der Waals surface area (Å²) in [7, 11) is 1.73. The number of carbonyl (C=O) groups excluding carboxylic acids is 1. The fourth-order valence-corrected chi connectivity index (χ4v) is 4.99. The number of nitrogens with one attached hydrogen (secondary N) is 1. The Labute approximate surface area is 213 Å². The number of hydrogen-bond donors (Lipinski definition) is 1. The van der Waals surface area contributed by atoms with Gasteiger partial charge in [-0.15, -0.1) is 0 Å². The van der Waals surface area contributed by atoms with Crippen LogP contribution < -0.4 is 15.8 Å². The number of para-hydroxylation sites is 1. The molecule has 0 radical (unpaired) electrons. The van der Waals surface area contributed by atoms with Crippen molar-refractivity contribution < 1.29 is 4.79 Å². The molecule has 0 aliphatic carbocycles. The van der Waals surface area contributed by atoms with Crippen LogP contribution in [0.2, 0.25) is 0 Å². The van der Waals surface area contributed by atoms with Gasteiger partial charge in [-0.3, -0.25) is 14.2 Å². The van der Waals surface area contributed by atoms with E-state index in [1.807, 2.05) is 43.3 Å². The minimum absolute atomic E-state index is 0.129. The van der Waals surface area contributed by atoms with Crippen molar-refractivity contribution in [1.29, 1.82) is 0 Å². The van der Waals surface area contributed by atoms with Crippen LogP contribution in [-0.4, -0.2) is 50.6 Å². The van der Waals surface area contributed by atoms with Gasteiger partial charge in [0, 0.05) is 18.6 Å². The van der Waals surface area contributed by atoms with Crippen molar-refractivity contribution in [3.63, 3.8) is 0 Å². The van der Waals surface area contributed by atoms with Crippen molar-refractivity contribution in [3.05, 3.63) is 82.3 Å². The molecule has 1 atom stereocenters. The summed E-state index contributed by atoms with van der Waals surface area (Å²) >= 11 is 6.30. The zero-order chi connectivity index (χ0) is 25.4. The van der Waals surface area contributed by atoms with Crippen molar-refractivity contribution in [3.8, 4) is 5.69 Å². The summed E-state index contributed by atoms with van der Waals surface area (Å²) in [6.07, 6.45) is 6.60. The predicted octanol–water partition coefficient (Wildman–Crippen LogP) is 4.06. The fraction of sp³-hybridized carbons (Fsp3) is 0.269. The van der Waals surface area contributed by atoms with E-state index in [0.29, 0.717) is 47.6 Å². The lowest BCUT2D eigenvalue weighted by Gasteiger charge is -2.32. The molecule has 0 saturated carbocycles. The molecule has 2 aromatic heterocycles. The van der Waals surface area contributed by atoms with Gasteiger partial charge < -0.3 is 15.1 Å². The monoisotopic (exact) mass is 503 g/mol. The standard InChI is InChI=1S/C26H26ClN7O2/c1-4-9-18-20(16(2)27)26(36)34(17-10-6-5-7-11-17)23(31-18)19-12-8-13-33(19)24-21-22(28-14-29-24)30-15-32(3)25(21)35/h4-7,9-11,14,19H,2,8,12-13,15H2,1,3H3,(H,28,29,30)/b9-4-. The number of halogens is 1. The molecule has 10 heteroatoms. The van der Waals surface area contributed by atoms with Gasteiger partial charge in [-0.25, -0.2) is 15.0 Å². The molecule has 9 nitrogen and oxygen atoms in total. The topological polar surface area (TPSA) is 96.2 Å². The van der Waals surface area contributed by atoms with Gasteiger partial charge in [0.1, 0.15) is 29.4 Å². The van der Waals surface area contributed by atoms with Crippen LogP contribution in [0.4, 0.5) is 11.6 Å². The third-order valence-corrected chi connectivity index (χ3v) is 6.63. The number of rotatable bonds is 5. The lowest BCUT2D eigenvalue weighted by molar-refractivity contribution is 0.0796. The van der Waals surface area contributed by atoms with E-state index in [9.17, 15) is 9.59 Å². The number of allylic oxidation sites excluding steroid dienone is 1. The van der Waals surface area contributed by atoms with Gasteiger partial charge in [-0.1, -0.05) is 42.5 Å². The molecule has 3 aromatic rings. The van der Waals surface area contributed by atoms with Crippen LogP contribution in [0.5, 0.6) is 0 Å². The number of aromatic nitrogens is 4. The Bertz CT molecular complexity index is 1430. The molecule has 0 bridgehead atoms. The van der Waals surface area contributed by atoms with Gasteiger partial charge >= 0.3 is 0 Å². The van der Waals surface area contributed by atoms with Gasteiger partial charge in [0.15, 0.2) is 0 Å². The maximum Gasteiger partial charge on any atom is 0.267 e. The molecule has 36 heavy (non-hydrogen) atoms. The molecule has 1 aromatic carbocycles. The predicted molar refractivity (Wildman–Crippen MR) is 141 cm³/mol. The third kappa shape index (κ3) is 3.95. The summed E-state index contributed by atoms with van der Waals surface area (Å²) in [6, 6.07) is 9.04. The van der Waals surface area contributed by atoms with Crippen molar-refractivity contribution in [2.75, 3.05) is 30.5 Å².